The topological polar surface area (TPSA) is 49.4 Å². The van der Waals surface area contributed by atoms with E-state index in [1.165, 1.54) is 0 Å². The van der Waals surface area contributed by atoms with E-state index in [1.54, 1.807) is 0 Å². The van der Waals surface area contributed by atoms with Gasteiger partial charge in [-0.15, -0.1) is 0 Å². The molecular formula is C3H4BrKO3. The molecule has 0 heterocycles. The van der Waals surface area contributed by atoms with Gasteiger partial charge in [0.25, 0.3) is 6.16 Å². The second-order valence-corrected chi connectivity index (χ2v) is 1.58. The van der Waals surface area contributed by atoms with Gasteiger partial charge in [0.1, 0.15) is 0 Å². The van der Waals surface area contributed by atoms with Crippen molar-refractivity contribution in [2.24, 2.45) is 0 Å². The Labute approximate surface area is 98.3 Å². The van der Waals surface area contributed by atoms with E-state index in [0.717, 1.165) is 0 Å². The minimum Gasteiger partial charge on any atom is -0.549 e. The summed E-state index contributed by atoms with van der Waals surface area (Å²) in [6.45, 7) is 0.155. The van der Waals surface area contributed by atoms with Crippen LogP contribution in [0.15, 0.2) is 0 Å². The zero-order chi connectivity index (χ0) is 5.70. The molecule has 0 aliphatic rings. The molecule has 3 nitrogen and oxygen atoms in total. The number of carbonyl (C=O) groups is 1. The molecule has 8 heavy (non-hydrogen) atoms. The van der Waals surface area contributed by atoms with Crippen molar-refractivity contribution in [1.82, 2.24) is 0 Å². The van der Waals surface area contributed by atoms with Crippen molar-refractivity contribution in [3.63, 3.8) is 0 Å². The fourth-order valence-corrected chi connectivity index (χ4v) is 0.284. The Morgan fingerprint density at radius 3 is 2.38 bits per heavy atom. The van der Waals surface area contributed by atoms with Gasteiger partial charge in [-0.3, -0.25) is 0 Å². The van der Waals surface area contributed by atoms with E-state index >= 15 is 0 Å². The smallest absolute Gasteiger partial charge is 0.549 e. The predicted molar refractivity (Wildman–Crippen MR) is 25.1 cm³/mol. The Morgan fingerprint density at radius 2 is 2.25 bits per heavy atom. The third-order valence-corrected chi connectivity index (χ3v) is 0.621. The van der Waals surface area contributed by atoms with Crippen molar-refractivity contribution < 1.29 is 66.0 Å². The van der Waals surface area contributed by atoms with E-state index in [9.17, 15) is 9.90 Å². The molecular weight excluding hydrogens is 203 g/mol. The van der Waals surface area contributed by atoms with Gasteiger partial charge in [-0.05, 0) is 0 Å². The first-order chi connectivity index (χ1) is 3.27. The fraction of sp³-hybridized carbons (Fsp3) is 0.667. The van der Waals surface area contributed by atoms with Crippen molar-refractivity contribution in [1.29, 1.82) is 0 Å². The molecule has 0 radical (unpaired) electrons. The van der Waals surface area contributed by atoms with E-state index in [4.69, 9.17) is 0 Å². The quantitative estimate of drug-likeness (QED) is 0.271. The minimum absolute atomic E-state index is 0. The molecule has 0 amide bonds. The molecule has 0 saturated heterocycles. The zero-order valence-corrected chi connectivity index (χ0v) is 9.23. The second kappa shape index (κ2) is 8.39. The van der Waals surface area contributed by atoms with Crippen LogP contribution in [0, 0.1) is 0 Å². The van der Waals surface area contributed by atoms with Gasteiger partial charge in [0.15, 0.2) is 0 Å². The molecule has 0 saturated carbocycles. The summed E-state index contributed by atoms with van der Waals surface area (Å²) in [6.07, 6.45) is -1.47. The molecule has 0 atom stereocenters. The Bertz CT molecular complexity index is 67.5. The third kappa shape index (κ3) is 10.4. The van der Waals surface area contributed by atoms with Crippen molar-refractivity contribution in [3.05, 3.63) is 0 Å². The molecule has 0 aromatic heterocycles. The SMILES string of the molecule is O=C([O-])OCCBr.[K+]. The van der Waals surface area contributed by atoms with Crippen LogP contribution in [0.2, 0.25) is 0 Å². The van der Waals surface area contributed by atoms with E-state index in [1.807, 2.05) is 0 Å². The normalized spacial score (nSPS) is 7.12. The number of halogens is 1. The van der Waals surface area contributed by atoms with Crippen LogP contribution >= 0.6 is 15.9 Å². The van der Waals surface area contributed by atoms with E-state index in [-0.39, 0.29) is 58.0 Å². The minimum atomic E-state index is -1.47. The van der Waals surface area contributed by atoms with Gasteiger partial charge in [0.2, 0.25) is 0 Å². The number of carboxylic acid groups (broad SMARTS) is 1. The first-order valence-electron chi connectivity index (χ1n) is 1.67. The van der Waals surface area contributed by atoms with Crippen LogP contribution < -0.4 is 56.5 Å². The molecule has 5 heteroatoms. The summed E-state index contributed by atoms with van der Waals surface area (Å²) in [5, 5.41) is 9.92. The van der Waals surface area contributed by atoms with Gasteiger partial charge in [-0.1, -0.05) is 15.9 Å². The molecule has 0 unspecified atom stereocenters. The van der Waals surface area contributed by atoms with Gasteiger partial charge < -0.3 is 14.6 Å². The molecule has 42 valence electrons. The Kier molecular flexibility index (Phi) is 12.7. The molecule has 0 rings (SSSR count). The number of alkyl halides is 1. The molecule has 0 aliphatic heterocycles. The summed E-state index contributed by atoms with van der Waals surface area (Å²) in [5.74, 6) is 0. The molecule has 0 bridgehead atoms. The third-order valence-electron chi connectivity index (χ3n) is 0.297. The fourth-order valence-electron chi connectivity index (χ4n) is 0.122. The molecule has 0 spiro atoms. The summed E-state index contributed by atoms with van der Waals surface area (Å²) in [4.78, 5) is 9.40. The van der Waals surface area contributed by atoms with Crippen LogP contribution in [-0.2, 0) is 4.74 Å². The number of hydrogen-bond acceptors (Lipinski definition) is 3. The number of hydrogen-bond donors (Lipinski definition) is 0. The van der Waals surface area contributed by atoms with Crippen molar-refractivity contribution in [2.75, 3.05) is 11.9 Å². The number of carbonyl (C=O) groups excluding carboxylic acids is 1. The maximum atomic E-state index is 9.40. The van der Waals surface area contributed by atoms with Crippen LogP contribution in [0.3, 0.4) is 0 Å². The standard InChI is InChI=1S/C3H5BrO3.K/c4-1-2-7-3(5)6;/h1-2H2,(H,5,6);/q;+1/p-1. The largest absolute Gasteiger partial charge is 1.00 e. The molecule has 0 N–H and O–H groups in total. The number of ether oxygens (including phenoxy) is 1. The second-order valence-electron chi connectivity index (χ2n) is 0.787. The molecule has 0 aromatic carbocycles. The Balaban J connectivity index is 0. The Morgan fingerprint density at radius 1 is 1.75 bits per heavy atom. The van der Waals surface area contributed by atoms with Gasteiger partial charge in [-0.2, -0.15) is 0 Å². The van der Waals surface area contributed by atoms with Gasteiger partial charge >= 0.3 is 51.4 Å². The van der Waals surface area contributed by atoms with Gasteiger partial charge in [-0.25, -0.2) is 0 Å². The van der Waals surface area contributed by atoms with E-state index in [2.05, 4.69) is 20.7 Å². The summed E-state index contributed by atoms with van der Waals surface area (Å²) >= 11 is 2.96. The van der Waals surface area contributed by atoms with Gasteiger partial charge in [0.05, 0.1) is 0 Å². The van der Waals surface area contributed by atoms with Crippen LogP contribution in [0.1, 0.15) is 0 Å². The first kappa shape index (κ1) is 12.1. The maximum Gasteiger partial charge on any atom is 1.00 e. The predicted octanol–water partition coefficient (Wildman–Crippen LogP) is -3.25. The van der Waals surface area contributed by atoms with Crippen molar-refractivity contribution in [2.45, 2.75) is 0 Å². The van der Waals surface area contributed by atoms with E-state index in [0.29, 0.717) is 5.33 Å². The van der Waals surface area contributed by atoms with E-state index < -0.39 is 6.16 Å². The van der Waals surface area contributed by atoms with Crippen LogP contribution in [-0.4, -0.2) is 18.1 Å². The summed E-state index contributed by atoms with van der Waals surface area (Å²) in [6, 6.07) is 0. The van der Waals surface area contributed by atoms with Crippen LogP contribution in [0.4, 0.5) is 4.79 Å². The summed E-state index contributed by atoms with van der Waals surface area (Å²) in [7, 11) is 0. The van der Waals surface area contributed by atoms with Crippen LogP contribution in [0.5, 0.6) is 0 Å². The zero-order valence-electron chi connectivity index (χ0n) is 4.52. The summed E-state index contributed by atoms with van der Waals surface area (Å²) in [5.41, 5.74) is 0. The molecule has 0 aliphatic carbocycles. The average molecular weight is 207 g/mol. The van der Waals surface area contributed by atoms with Gasteiger partial charge in [0, 0.05) is 11.9 Å². The first-order valence-corrected chi connectivity index (χ1v) is 2.79. The summed E-state index contributed by atoms with van der Waals surface area (Å²) < 4.78 is 3.95. The van der Waals surface area contributed by atoms with Crippen molar-refractivity contribution >= 4 is 22.1 Å². The Hall–Kier alpha value is 1.39. The molecule has 0 aromatic rings. The van der Waals surface area contributed by atoms with Crippen molar-refractivity contribution in [3.8, 4) is 0 Å². The monoisotopic (exact) mass is 206 g/mol. The average Bonchev–Trinajstić information content (AvgIpc) is 1.61. The van der Waals surface area contributed by atoms with Crippen LogP contribution in [0.25, 0.3) is 0 Å². The number of rotatable bonds is 2. The maximum absolute atomic E-state index is 9.40. The molecule has 0 fully saturated rings.